The zero-order valence-electron chi connectivity index (χ0n) is 13.4. The van der Waals surface area contributed by atoms with Crippen LogP contribution in [0.2, 0.25) is 0 Å². The maximum atomic E-state index is 13.3. The number of nitrogens with one attached hydrogen (secondary N) is 1. The number of hydrogen-bond acceptors (Lipinski definition) is 3. The van der Waals surface area contributed by atoms with Crippen molar-refractivity contribution < 1.29 is 9.18 Å². The number of carbonyl (C=O) groups is 1. The predicted octanol–water partition coefficient (Wildman–Crippen LogP) is 3.02. The van der Waals surface area contributed by atoms with Crippen LogP contribution in [0.15, 0.2) is 54.9 Å². The molecule has 0 radical (unpaired) electrons. The zero-order valence-corrected chi connectivity index (χ0v) is 13.4. The number of anilines is 1. The Hall–Kier alpha value is -2.69. The maximum absolute atomic E-state index is 13.3. The van der Waals surface area contributed by atoms with E-state index in [0.29, 0.717) is 0 Å². The van der Waals surface area contributed by atoms with E-state index in [-0.39, 0.29) is 17.8 Å². The molecule has 1 saturated heterocycles. The first-order valence-corrected chi connectivity index (χ1v) is 8.10. The molecule has 1 aromatic heterocycles. The minimum Gasteiger partial charge on any atom is -0.371 e. The SMILES string of the molecule is O=C(/C=C/c1cccnc1)NC1CCN(c2cccc(F)c2)CC1. The number of pyridine rings is 1. The molecule has 1 N–H and O–H groups in total. The fourth-order valence-corrected chi connectivity index (χ4v) is 2.85. The van der Waals surface area contributed by atoms with Crippen molar-refractivity contribution in [2.45, 2.75) is 18.9 Å². The van der Waals surface area contributed by atoms with Gasteiger partial charge in [-0.05, 0) is 48.7 Å². The van der Waals surface area contributed by atoms with Crippen molar-refractivity contribution in [2.75, 3.05) is 18.0 Å². The third-order valence-corrected chi connectivity index (χ3v) is 4.13. The van der Waals surface area contributed by atoms with E-state index in [4.69, 9.17) is 0 Å². The van der Waals surface area contributed by atoms with Crippen LogP contribution >= 0.6 is 0 Å². The molecule has 1 aliphatic rings. The molecular formula is C19H20FN3O. The molecule has 1 fully saturated rings. The van der Waals surface area contributed by atoms with Crippen LogP contribution in [0.4, 0.5) is 10.1 Å². The summed E-state index contributed by atoms with van der Waals surface area (Å²) in [5, 5.41) is 3.03. The molecular weight excluding hydrogens is 305 g/mol. The molecule has 0 spiro atoms. The number of aromatic nitrogens is 1. The first kappa shape index (κ1) is 16.2. The molecule has 4 nitrogen and oxygen atoms in total. The van der Waals surface area contributed by atoms with E-state index in [9.17, 15) is 9.18 Å². The van der Waals surface area contributed by atoms with Gasteiger partial charge in [0, 0.05) is 43.3 Å². The minimum atomic E-state index is -0.219. The largest absolute Gasteiger partial charge is 0.371 e. The molecule has 0 bridgehead atoms. The van der Waals surface area contributed by atoms with Crippen molar-refractivity contribution >= 4 is 17.7 Å². The van der Waals surface area contributed by atoms with Gasteiger partial charge in [-0.2, -0.15) is 0 Å². The van der Waals surface area contributed by atoms with Crippen molar-refractivity contribution in [1.29, 1.82) is 0 Å². The molecule has 3 rings (SSSR count). The van der Waals surface area contributed by atoms with Gasteiger partial charge in [-0.3, -0.25) is 9.78 Å². The molecule has 1 aromatic carbocycles. The van der Waals surface area contributed by atoms with Crippen LogP contribution in [-0.4, -0.2) is 30.0 Å². The van der Waals surface area contributed by atoms with Gasteiger partial charge in [-0.15, -0.1) is 0 Å². The van der Waals surface area contributed by atoms with E-state index in [1.165, 1.54) is 12.1 Å². The summed E-state index contributed by atoms with van der Waals surface area (Å²) in [6.07, 6.45) is 8.40. The van der Waals surface area contributed by atoms with Crippen LogP contribution in [0.1, 0.15) is 18.4 Å². The summed E-state index contributed by atoms with van der Waals surface area (Å²) in [7, 11) is 0. The van der Waals surface area contributed by atoms with Crippen molar-refractivity contribution in [2.24, 2.45) is 0 Å². The van der Waals surface area contributed by atoms with Crippen molar-refractivity contribution in [3.05, 3.63) is 66.2 Å². The van der Waals surface area contributed by atoms with Gasteiger partial charge in [-0.1, -0.05) is 12.1 Å². The lowest BCUT2D eigenvalue weighted by Gasteiger charge is -2.33. The summed E-state index contributed by atoms with van der Waals surface area (Å²) in [6.45, 7) is 1.61. The molecule has 124 valence electrons. The number of halogens is 1. The van der Waals surface area contributed by atoms with Crippen molar-refractivity contribution in [1.82, 2.24) is 10.3 Å². The van der Waals surface area contributed by atoms with E-state index in [1.54, 1.807) is 30.6 Å². The summed E-state index contributed by atoms with van der Waals surface area (Å²) in [5.74, 6) is -0.313. The number of benzene rings is 1. The normalized spacial score (nSPS) is 15.6. The highest BCUT2D eigenvalue weighted by Crippen LogP contribution is 2.20. The number of rotatable bonds is 4. The maximum Gasteiger partial charge on any atom is 0.244 e. The topological polar surface area (TPSA) is 45.2 Å². The van der Waals surface area contributed by atoms with E-state index in [1.807, 2.05) is 18.2 Å². The highest BCUT2D eigenvalue weighted by atomic mass is 19.1. The molecule has 1 aliphatic heterocycles. The molecule has 2 heterocycles. The quantitative estimate of drug-likeness (QED) is 0.879. The molecule has 5 heteroatoms. The Labute approximate surface area is 141 Å². The molecule has 0 saturated carbocycles. The first-order valence-electron chi connectivity index (χ1n) is 8.10. The first-order chi connectivity index (χ1) is 11.7. The van der Waals surface area contributed by atoms with Crippen molar-refractivity contribution in [3.63, 3.8) is 0 Å². The van der Waals surface area contributed by atoms with Gasteiger partial charge in [0.15, 0.2) is 0 Å². The highest BCUT2D eigenvalue weighted by Gasteiger charge is 2.20. The lowest BCUT2D eigenvalue weighted by molar-refractivity contribution is -0.117. The number of piperidine rings is 1. The second-order valence-corrected chi connectivity index (χ2v) is 5.87. The second-order valence-electron chi connectivity index (χ2n) is 5.87. The molecule has 1 amide bonds. The second kappa shape index (κ2) is 7.73. The Morgan fingerprint density at radius 3 is 2.79 bits per heavy atom. The van der Waals surface area contributed by atoms with Gasteiger partial charge in [0.25, 0.3) is 0 Å². The summed E-state index contributed by atoms with van der Waals surface area (Å²) < 4.78 is 13.3. The Kier molecular flexibility index (Phi) is 5.21. The summed E-state index contributed by atoms with van der Waals surface area (Å²) in [6, 6.07) is 10.5. The van der Waals surface area contributed by atoms with Crippen LogP contribution in [-0.2, 0) is 4.79 Å². The van der Waals surface area contributed by atoms with Gasteiger partial charge in [0.1, 0.15) is 5.82 Å². The molecule has 2 aromatic rings. The van der Waals surface area contributed by atoms with Crippen LogP contribution in [0.5, 0.6) is 0 Å². The smallest absolute Gasteiger partial charge is 0.244 e. The van der Waals surface area contributed by atoms with Crippen LogP contribution in [0, 0.1) is 5.82 Å². The molecule has 24 heavy (non-hydrogen) atoms. The fourth-order valence-electron chi connectivity index (χ4n) is 2.85. The third-order valence-electron chi connectivity index (χ3n) is 4.13. The number of nitrogens with zero attached hydrogens (tertiary/aromatic N) is 2. The minimum absolute atomic E-state index is 0.0944. The fraction of sp³-hybridized carbons (Fsp3) is 0.263. The molecule has 0 aliphatic carbocycles. The van der Waals surface area contributed by atoms with E-state index < -0.39 is 0 Å². The number of hydrogen-bond donors (Lipinski definition) is 1. The van der Waals surface area contributed by atoms with E-state index >= 15 is 0 Å². The molecule has 0 atom stereocenters. The Morgan fingerprint density at radius 1 is 1.25 bits per heavy atom. The highest BCUT2D eigenvalue weighted by molar-refractivity contribution is 5.91. The Balaban J connectivity index is 1.48. The average molecular weight is 325 g/mol. The Morgan fingerprint density at radius 2 is 2.08 bits per heavy atom. The van der Waals surface area contributed by atoms with Gasteiger partial charge < -0.3 is 10.2 Å². The lowest BCUT2D eigenvalue weighted by atomic mass is 10.0. The lowest BCUT2D eigenvalue weighted by Crippen LogP contribution is -2.44. The van der Waals surface area contributed by atoms with Gasteiger partial charge in [0.05, 0.1) is 0 Å². The van der Waals surface area contributed by atoms with E-state index in [2.05, 4.69) is 15.2 Å². The van der Waals surface area contributed by atoms with Crippen molar-refractivity contribution in [3.8, 4) is 0 Å². The summed E-state index contributed by atoms with van der Waals surface area (Å²) in [5.41, 5.74) is 1.80. The van der Waals surface area contributed by atoms with E-state index in [0.717, 1.165) is 37.2 Å². The predicted molar refractivity (Wildman–Crippen MR) is 93.0 cm³/mol. The third kappa shape index (κ3) is 4.41. The number of amides is 1. The van der Waals surface area contributed by atoms with Gasteiger partial charge >= 0.3 is 0 Å². The zero-order chi connectivity index (χ0) is 16.8. The summed E-state index contributed by atoms with van der Waals surface area (Å²) in [4.78, 5) is 18.2. The standard InChI is InChI=1S/C19H20FN3O/c20-16-4-1-5-18(13-16)23-11-8-17(9-12-23)22-19(24)7-6-15-3-2-10-21-14-15/h1-7,10,13-14,17H,8-9,11-12H2,(H,22,24)/b7-6+. The number of carbonyl (C=O) groups excluding carboxylic acids is 1. The van der Waals surface area contributed by atoms with Gasteiger partial charge in [-0.25, -0.2) is 4.39 Å². The van der Waals surface area contributed by atoms with Crippen LogP contribution in [0.3, 0.4) is 0 Å². The average Bonchev–Trinajstić information content (AvgIpc) is 2.61. The van der Waals surface area contributed by atoms with Crippen LogP contribution in [0.25, 0.3) is 6.08 Å². The van der Waals surface area contributed by atoms with Gasteiger partial charge in [0.2, 0.25) is 5.91 Å². The monoisotopic (exact) mass is 325 g/mol. The Bertz CT molecular complexity index is 710. The van der Waals surface area contributed by atoms with Crippen LogP contribution < -0.4 is 10.2 Å². The summed E-state index contributed by atoms with van der Waals surface area (Å²) >= 11 is 0. The molecule has 0 unspecified atom stereocenters.